The average Bonchev–Trinajstić information content (AvgIpc) is 2.17. The molecule has 1 N–H and O–H groups in total. The van der Waals surface area contributed by atoms with E-state index in [1.807, 2.05) is 0 Å². The Morgan fingerprint density at radius 1 is 1.33 bits per heavy atom. The molecule has 0 atom stereocenters. The van der Waals surface area contributed by atoms with Crippen LogP contribution in [-0.4, -0.2) is 27.0 Å². The van der Waals surface area contributed by atoms with Crippen molar-refractivity contribution >= 4 is 27.1 Å². The fourth-order valence-corrected chi connectivity index (χ4v) is 1.87. The standard InChI is InChI=1S/C10H11ClF3NO2S/c1-18(16,17)5-4-15-9-6-7(10(12,13)14)2-3-8(9)11/h2-3,6,15H,4-5H2,1H3. The number of sulfone groups is 1. The van der Waals surface area contributed by atoms with Gasteiger partial charge >= 0.3 is 6.18 Å². The lowest BCUT2D eigenvalue weighted by molar-refractivity contribution is -0.137. The summed E-state index contributed by atoms with van der Waals surface area (Å²) in [6, 6.07) is 2.84. The zero-order chi connectivity index (χ0) is 14.0. The zero-order valence-corrected chi connectivity index (χ0v) is 11.0. The second-order valence-corrected chi connectivity index (χ2v) is 6.42. The van der Waals surface area contributed by atoms with Gasteiger partial charge in [0.25, 0.3) is 0 Å². The van der Waals surface area contributed by atoms with Crippen molar-refractivity contribution in [2.45, 2.75) is 6.18 Å². The van der Waals surface area contributed by atoms with Crippen molar-refractivity contribution in [3.63, 3.8) is 0 Å². The van der Waals surface area contributed by atoms with Gasteiger partial charge in [-0.3, -0.25) is 0 Å². The topological polar surface area (TPSA) is 46.2 Å². The second kappa shape index (κ2) is 5.36. The van der Waals surface area contributed by atoms with E-state index in [4.69, 9.17) is 11.6 Å². The lowest BCUT2D eigenvalue weighted by Crippen LogP contribution is -2.15. The highest BCUT2D eigenvalue weighted by molar-refractivity contribution is 7.90. The minimum atomic E-state index is -4.46. The predicted octanol–water partition coefficient (Wildman–Crippen LogP) is 2.82. The SMILES string of the molecule is CS(=O)(=O)CCNc1cc(C(F)(F)F)ccc1Cl. The van der Waals surface area contributed by atoms with Crippen LogP contribution in [0, 0.1) is 0 Å². The van der Waals surface area contributed by atoms with Gasteiger partial charge in [-0.2, -0.15) is 13.2 Å². The van der Waals surface area contributed by atoms with Crippen LogP contribution in [0.2, 0.25) is 5.02 Å². The minimum absolute atomic E-state index is 0.000135. The molecule has 0 radical (unpaired) electrons. The Labute approximate surface area is 108 Å². The molecule has 0 saturated heterocycles. The Bertz CT molecular complexity index is 528. The Kier molecular flexibility index (Phi) is 4.50. The third-order valence-corrected chi connectivity index (χ3v) is 3.36. The molecule has 18 heavy (non-hydrogen) atoms. The molecule has 0 aliphatic carbocycles. The fraction of sp³-hybridized carbons (Fsp3) is 0.400. The maximum Gasteiger partial charge on any atom is 0.416 e. The second-order valence-electron chi connectivity index (χ2n) is 3.75. The molecular weight excluding hydrogens is 291 g/mol. The highest BCUT2D eigenvalue weighted by atomic mass is 35.5. The van der Waals surface area contributed by atoms with E-state index in [1.54, 1.807) is 0 Å². The Hall–Kier alpha value is -0.950. The summed E-state index contributed by atoms with van der Waals surface area (Å²) in [5, 5.41) is 2.68. The Morgan fingerprint density at radius 3 is 2.44 bits per heavy atom. The fourth-order valence-electron chi connectivity index (χ4n) is 1.21. The molecule has 0 unspecified atom stereocenters. The molecule has 0 heterocycles. The number of hydrogen-bond donors (Lipinski definition) is 1. The molecule has 3 nitrogen and oxygen atoms in total. The average molecular weight is 302 g/mol. The molecule has 0 amide bonds. The summed E-state index contributed by atoms with van der Waals surface area (Å²) < 4.78 is 59.1. The van der Waals surface area contributed by atoms with Crippen LogP contribution in [-0.2, 0) is 16.0 Å². The highest BCUT2D eigenvalue weighted by Crippen LogP contribution is 2.33. The molecule has 1 aromatic carbocycles. The summed E-state index contributed by atoms with van der Waals surface area (Å²) >= 11 is 5.72. The Morgan fingerprint density at radius 2 is 1.94 bits per heavy atom. The van der Waals surface area contributed by atoms with E-state index >= 15 is 0 Å². The van der Waals surface area contributed by atoms with Crippen molar-refractivity contribution in [3.8, 4) is 0 Å². The van der Waals surface area contributed by atoms with Crippen LogP contribution >= 0.6 is 11.6 Å². The number of hydrogen-bond acceptors (Lipinski definition) is 3. The molecule has 8 heteroatoms. The van der Waals surface area contributed by atoms with E-state index in [9.17, 15) is 21.6 Å². The van der Waals surface area contributed by atoms with Crippen LogP contribution in [0.15, 0.2) is 18.2 Å². The van der Waals surface area contributed by atoms with Crippen molar-refractivity contribution in [2.75, 3.05) is 23.9 Å². The van der Waals surface area contributed by atoms with Gasteiger partial charge in [-0.05, 0) is 18.2 Å². The first-order valence-electron chi connectivity index (χ1n) is 4.88. The highest BCUT2D eigenvalue weighted by Gasteiger charge is 2.30. The van der Waals surface area contributed by atoms with E-state index in [2.05, 4.69) is 5.32 Å². The summed E-state index contributed by atoms with van der Waals surface area (Å²) in [5.41, 5.74) is -0.774. The van der Waals surface area contributed by atoms with Crippen LogP contribution < -0.4 is 5.32 Å². The van der Waals surface area contributed by atoms with Crippen LogP contribution in [0.4, 0.5) is 18.9 Å². The summed E-state index contributed by atoms with van der Waals surface area (Å²) in [6.45, 7) is -0.000135. The molecule has 102 valence electrons. The number of alkyl halides is 3. The molecule has 0 aliphatic heterocycles. The van der Waals surface area contributed by atoms with Gasteiger partial charge in [0.15, 0.2) is 0 Å². The summed E-state index contributed by atoms with van der Waals surface area (Å²) in [6.07, 6.45) is -3.42. The third-order valence-electron chi connectivity index (χ3n) is 2.08. The number of halogens is 4. The van der Waals surface area contributed by atoms with Gasteiger partial charge in [0.2, 0.25) is 0 Å². The van der Waals surface area contributed by atoms with Crippen molar-refractivity contribution in [3.05, 3.63) is 28.8 Å². The third kappa shape index (κ3) is 4.73. The lowest BCUT2D eigenvalue weighted by atomic mass is 10.2. The molecule has 0 spiro atoms. The minimum Gasteiger partial charge on any atom is -0.383 e. The molecule has 0 saturated carbocycles. The number of benzene rings is 1. The van der Waals surface area contributed by atoms with Crippen molar-refractivity contribution in [1.82, 2.24) is 0 Å². The number of rotatable bonds is 4. The Balaban J connectivity index is 2.82. The van der Waals surface area contributed by atoms with Crippen LogP contribution in [0.5, 0.6) is 0 Å². The van der Waals surface area contributed by atoms with E-state index in [0.717, 1.165) is 24.5 Å². The van der Waals surface area contributed by atoms with Gasteiger partial charge in [0.1, 0.15) is 9.84 Å². The van der Waals surface area contributed by atoms with E-state index < -0.39 is 21.6 Å². The van der Waals surface area contributed by atoms with Crippen molar-refractivity contribution in [2.24, 2.45) is 0 Å². The van der Waals surface area contributed by atoms with E-state index in [1.165, 1.54) is 0 Å². The molecule has 0 bridgehead atoms. The van der Waals surface area contributed by atoms with Gasteiger partial charge in [-0.25, -0.2) is 8.42 Å². The first kappa shape index (κ1) is 15.1. The van der Waals surface area contributed by atoms with Gasteiger partial charge in [0, 0.05) is 12.8 Å². The molecule has 1 rings (SSSR count). The molecule has 1 aromatic rings. The van der Waals surface area contributed by atoms with Crippen LogP contribution in [0.3, 0.4) is 0 Å². The predicted molar refractivity (Wildman–Crippen MR) is 64.7 cm³/mol. The summed E-state index contributed by atoms with van der Waals surface area (Å²) in [7, 11) is -3.17. The molecular formula is C10H11ClF3NO2S. The summed E-state index contributed by atoms with van der Waals surface area (Å²) in [5.74, 6) is -0.181. The van der Waals surface area contributed by atoms with Gasteiger partial charge in [0.05, 0.1) is 22.0 Å². The lowest BCUT2D eigenvalue weighted by Gasteiger charge is -2.12. The smallest absolute Gasteiger partial charge is 0.383 e. The van der Waals surface area contributed by atoms with Crippen LogP contribution in [0.1, 0.15) is 5.56 Å². The quantitative estimate of drug-likeness (QED) is 0.930. The monoisotopic (exact) mass is 301 g/mol. The van der Waals surface area contributed by atoms with Crippen molar-refractivity contribution < 1.29 is 21.6 Å². The van der Waals surface area contributed by atoms with Gasteiger partial charge in [-0.15, -0.1) is 0 Å². The number of nitrogens with one attached hydrogen (secondary N) is 1. The maximum absolute atomic E-state index is 12.4. The first-order chi connectivity index (χ1) is 8.09. The van der Waals surface area contributed by atoms with Crippen molar-refractivity contribution in [1.29, 1.82) is 0 Å². The normalized spacial score (nSPS) is 12.5. The van der Waals surface area contributed by atoms with Crippen LogP contribution in [0.25, 0.3) is 0 Å². The zero-order valence-electron chi connectivity index (χ0n) is 9.38. The first-order valence-corrected chi connectivity index (χ1v) is 7.32. The molecule has 0 aliphatic rings. The molecule has 0 aromatic heterocycles. The van der Waals surface area contributed by atoms with E-state index in [-0.39, 0.29) is 23.0 Å². The van der Waals surface area contributed by atoms with Gasteiger partial charge in [-0.1, -0.05) is 11.6 Å². The molecule has 0 fully saturated rings. The summed E-state index contributed by atoms with van der Waals surface area (Å²) in [4.78, 5) is 0. The largest absolute Gasteiger partial charge is 0.416 e. The number of anilines is 1. The van der Waals surface area contributed by atoms with E-state index in [0.29, 0.717) is 0 Å². The van der Waals surface area contributed by atoms with Gasteiger partial charge < -0.3 is 5.32 Å². The maximum atomic E-state index is 12.4.